The molecule has 1 unspecified atom stereocenters. The summed E-state index contributed by atoms with van der Waals surface area (Å²) in [5.74, 6) is 1.32. The van der Waals surface area contributed by atoms with Gasteiger partial charge in [-0.15, -0.1) is 11.3 Å². The van der Waals surface area contributed by atoms with E-state index < -0.39 is 0 Å². The van der Waals surface area contributed by atoms with E-state index >= 15 is 0 Å². The number of methoxy groups -OCH3 is 1. The van der Waals surface area contributed by atoms with Gasteiger partial charge >= 0.3 is 0 Å². The minimum atomic E-state index is -0.318. The molecule has 7 nitrogen and oxygen atoms in total. The molecule has 136 valence electrons. The quantitative estimate of drug-likeness (QED) is 0.682. The molecule has 1 N–H and O–H groups in total. The number of oxazole rings is 1. The van der Waals surface area contributed by atoms with Crippen molar-refractivity contribution in [1.82, 2.24) is 15.3 Å². The molecule has 8 heteroatoms. The van der Waals surface area contributed by atoms with Crippen molar-refractivity contribution in [3.63, 3.8) is 0 Å². The normalized spacial score (nSPS) is 11.8. The van der Waals surface area contributed by atoms with Crippen LogP contribution in [-0.4, -0.2) is 23.0 Å². The lowest BCUT2D eigenvalue weighted by Crippen LogP contribution is -2.26. The van der Waals surface area contributed by atoms with Crippen LogP contribution in [0.3, 0.4) is 0 Å². The summed E-state index contributed by atoms with van der Waals surface area (Å²) in [4.78, 5) is 20.8. The molecule has 0 aliphatic rings. The van der Waals surface area contributed by atoms with Crippen molar-refractivity contribution >= 4 is 17.2 Å². The van der Waals surface area contributed by atoms with E-state index in [1.165, 1.54) is 17.6 Å². The Labute approximate surface area is 155 Å². The first kappa shape index (κ1) is 17.9. The molecule has 2 aromatic heterocycles. The molecule has 26 heavy (non-hydrogen) atoms. The van der Waals surface area contributed by atoms with Crippen LogP contribution < -0.4 is 14.8 Å². The number of nitrogens with one attached hydrogen (secondary N) is 1. The van der Waals surface area contributed by atoms with Gasteiger partial charge in [0.25, 0.3) is 5.91 Å². The maximum atomic E-state index is 12.3. The monoisotopic (exact) mass is 373 g/mol. The number of ether oxygens (including phenoxy) is 2. The molecule has 1 atom stereocenters. The summed E-state index contributed by atoms with van der Waals surface area (Å²) in [7, 11) is 1.59. The number of aryl methyl sites for hydroxylation is 1. The molecule has 0 fully saturated rings. The summed E-state index contributed by atoms with van der Waals surface area (Å²) in [6, 6.07) is 7.01. The second-order valence-corrected chi connectivity index (χ2v) is 6.51. The van der Waals surface area contributed by atoms with Crippen LogP contribution in [0.15, 0.2) is 40.3 Å². The van der Waals surface area contributed by atoms with Crippen molar-refractivity contribution in [2.75, 3.05) is 7.11 Å². The van der Waals surface area contributed by atoms with Crippen LogP contribution >= 0.6 is 11.3 Å². The molecule has 0 aliphatic heterocycles. The van der Waals surface area contributed by atoms with E-state index in [0.29, 0.717) is 17.4 Å². The van der Waals surface area contributed by atoms with Crippen molar-refractivity contribution in [1.29, 1.82) is 0 Å². The fourth-order valence-electron chi connectivity index (χ4n) is 2.22. The van der Waals surface area contributed by atoms with E-state index in [0.717, 1.165) is 10.7 Å². The van der Waals surface area contributed by atoms with E-state index in [2.05, 4.69) is 15.3 Å². The highest BCUT2D eigenvalue weighted by atomic mass is 32.1. The first-order valence-corrected chi connectivity index (χ1v) is 8.87. The number of nitrogens with zero attached hydrogens (tertiary/aromatic N) is 2. The maximum Gasteiger partial charge on any atom is 0.273 e. The molecular formula is C18H19N3O4S. The zero-order chi connectivity index (χ0) is 18.5. The fraction of sp³-hybridized carbons (Fsp3) is 0.278. The van der Waals surface area contributed by atoms with Crippen LogP contribution in [0.1, 0.15) is 40.0 Å². The van der Waals surface area contributed by atoms with Gasteiger partial charge in [0, 0.05) is 17.1 Å². The highest BCUT2D eigenvalue weighted by Gasteiger charge is 2.17. The Morgan fingerprint density at radius 1 is 1.35 bits per heavy atom. The topological polar surface area (TPSA) is 86.5 Å². The lowest BCUT2D eigenvalue weighted by Gasteiger charge is -2.09. The highest BCUT2D eigenvalue weighted by Crippen LogP contribution is 2.20. The lowest BCUT2D eigenvalue weighted by atomic mass is 10.3. The first-order chi connectivity index (χ1) is 12.5. The predicted octanol–water partition coefficient (Wildman–Crippen LogP) is 3.52. The molecule has 0 spiro atoms. The predicted molar refractivity (Wildman–Crippen MR) is 96.6 cm³/mol. The van der Waals surface area contributed by atoms with Crippen LogP contribution in [-0.2, 0) is 6.61 Å². The molecule has 2 heterocycles. The summed E-state index contributed by atoms with van der Waals surface area (Å²) >= 11 is 1.51. The zero-order valence-electron chi connectivity index (χ0n) is 14.7. The molecule has 3 rings (SSSR count). The highest BCUT2D eigenvalue weighted by molar-refractivity contribution is 7.09. The van der Waals surface area contributed by atoms with Gasteiger partial charge in [-0.3, -0.25) is 4.79 Å². The number of hydrogen-bond acceptors (Lipinski definition) is 7. The number of hydrogen-bond donors (Lipinski definition) is 1. The van der Waals surface area contributed by atoms with E-state index in [4.69, 9.17) is 13.9 Å². The molecule has 0 saturated heterocycles. The average Bonchev–Trinajstić information content (AvgIpc) is 3.29. The smallest absolute Gasteiger partial charge is 0.273 e. The Morgan fingerprint density at radius 3 is 2.88 bits per heavy atom. The van der Waals surface area contributed by atoms with Gasteiger partial charge < -0.3 is 19.2 Å². The van der Waals surface area contributed by atoms with Gasteiger partial charge in [-0.2, -0.15) is 0 Å². The fourth-order valence-corrected chi connectivity index (χ4v) is 3.02. The van der Waals surface area contributed by atoms with Crippen molar-refractivity contribution in [2.45, 2.75) is 26.5 Å². The summed E-state index contributed by atoms with van der Waals surface area (Å²) < 4.78 is 16.1. The van der Waals surface area contributed by atoms with E-state index in [-0.39, 0.29) is 24.2 Å². The maximum absolute atomic E-state index is 12.3. The summed E-state index contributed by atoms with van der Waals surface area (Å²) in [5, 5.41) is 5.65. The number of amides is 1. The molecule has 0 radical (unpaired) electrons. The first-order valence-electron chi connectivity index (χ1n) is 7.99. The third-order valence-electron chi connectivity index (χ3n) is 3.54. The summed E-state index contributed by atoms with van der Waals surface area (Å²) in [6.07, 6.45) is 1.32. The average molecular weight is 373 g/mol. The molecule has 1 amide bonds. The molecule has 3 aromatic rings. The Bertz CT molecular complexity index is 890. The summed E-state index contributed by atoms with van der Waals surface area (Å²) in [6.45, 7) is 3.91. The van der Waals surface area contributed by atoms with Crippen LogP contribution in [0.2, 0.25) is 0 Å². The van der Waals surface area contributed by atoms with Gasteiger partial charge in [0.15, 0.2) is 12.3 Å². The van der Waals surface area contributed by atoms with Crippen LogP contribution in [0, 0.1) is 6.92 Å². The number of carbonyl (C=O) groups excluding carboxylic acids is 1. The van der Waals surface area contributed by atoms with Crippen LogP contribution in [0.5, 0.6) is 11.5 Å². The van der Waals surface area contributed by atoms with E-state index in [1.54, 1.807) is 19.2 Å². The van der Waals surface area contributed by atoms with Gasteiger partial charge in [0.2, 0.25) is 5.89 Å². The van der Waals surface area contributed by atoms with Crippen LogP contribution in [0.25, 0.3) is 0 Å². The van der Waals surface area contributed by atoms with Gasteiger partial charge in [-0.05, 0) is 26.0 Å². The second kappa shape index (κ2) is 8.01. The Balaban J connectivity index is 1.57. The third-order valence-corrected chi connectivity index (χ3v) is 4.69. The van der Waals surface area contributed by atoms with Crippen molar-refractivity contribution in [3.8, 4) is 11.5 Å². The SMILES string of the molecule is COc1cccc(OCc2nc(C(=O)NC(C)c3nc(C)cs3)co2)c1. The van der Waals surface area contributed by atoms with Gasteiger partial charge in [0.05, 0.1) is 13.2 Å². The number of rotatable bonds is 7. The minimum absolute atomic E-state index is 0.113. The van der Waals surface area contributed by atoms with Crippen molar-refractivity contribution < 1.29 is 18.7 Å². The van der Waals surface area contributed by atoms with E-state index in [9.17, 15) is 4.79 Å². The van der Waals surface area contributed by atoms with Gasteiger partial charge in [-0.25, -0.2) is 9.97 Å². The molecule has 0 aliphatic carbocycles. The largest absolute Gasteiger partial charge is 0.497 e. The van der Waals surface area contributed by atoms with E-state index in [1.807, 2.05) is 31.4 Å². The molecular weight excluding hydrogens is 354 g/mol. The molecule has 0 bridgehead atoms. The Hall–Kier alpha value is -2.87. The lowest BCUT2D eigenvalue weighted by molar-refractivity contribution is 0.0934. The second-order valence-electron chi connectivity index (χ2n) is 5.62. The van der Waals surface area contributed by atoms with Gasteiger partial charge in [0.1, 0.15) is 22.8 Å². The molecule has 0 saturated carbocycles. The van der Waals surface area contributed by atoms with Gasteiger partial charge in [-0.1, -0.05) is 6.07 Å². The molecule has 1 aromatic carbocycles. The Morgan fingerprint density at radius 2 is 2.15 bits per heavy atom. The Kier molecular flexibility index (Phi) is 5.52. The number of aromatic nitrogens is 2. The standard InChI is InChI=1S/C18H19N3O4S/c1-11-10-26-18(19-11)12(2)20-17(22)15-8-25-16(21-15)9-24-14-6-4-5-13(7-14)23-3/h4-8,10,12H,9H2,1-3H3,(H,20,22). The van der Waals surface area contributed by atoms with Crippen molar-refractivity contribution in [3.05, 3.63) is 58.2 Å². The minimum Gasteiger partial charge on any atom is -0.497 e. The number of benzene rings is 1. The third kappa shape index (κ3) is 4.40. The summed E-state index contributed by atoms with van der Waals surface area (Å²) in [5.41, 5.74) is 1.14. The van der Waals surface area contributed by atoms with Crippen molar-refractivity contribution in [2.24, 2.45) is 0 Å². The zero-order valence-corrected chi connectivity index (χ0v) is 15.5. The number of carbonyl (C=O) groups is 1. The van der Waals surface area contributed by atoms with Crippen LogP contribution in [0.4, 0.5) is 0 Å². The number of thiazole rings is 1.